The third kappa shape index (κ3) is 5.62. The van der Waals surface area contributed by atoms with E-state index in [0.717, 1.165) is 31.9 Å². The van der Waals surface area contributed by atoms with Gasteiger partial charge in [0.1, 0.15) is 5.75 Å². The fourth-order valence-corrected chi connectivity index (χ4v) is 1.88. The van der Waals surface area contributed by atoms with Crippen LogP contribution in [-0.2, 0) is 5.41 Å². The van der Waals surface area contributed by atoms with Crippen LogP contribution in [0.4, 0.5) is 0 Å². The van der Waals surface area contributed by atoms with E-state index in [2.05, 4.69) is 51.2 Å². The number of nitrogens with two attached hydrogens (primary N) is 1. The van der Waals surface area contributed by atoms with Crippen molar-refractivity contribution in [2.24, 2.45) is 5.73 Å². The molecular formula is C16H28N2O. The molecule has 1 rings (SSSR count). The molecule has 19 heavy (non-hydrogen) atoms. The summed E-state index contributed by atoms with van der Waals surface area (Å²) in [6, 6.07) is 6.47. The van der Waals surface area contributed by atoms with Crippen molar-refractivity contribution in [3.05, 3.63) is 29.3 Å². The molecule has 0 aliphatic rings. The Morgan fingerprint density at radius 2 is 1.95 bits per heavy atom. The Morgan fingerprint density at radius 1 is 1.21 bits per heavy atom. The van der Waals surface area contributed by atoms with E-state index in [9.17, 15) is 0 Å². The van der Waals surface area contributed by atoms with Crippen LogP contribution in [0.3, 0.4) is 0 Å². The van der Waals surface area contributed by atoms with Crippen LogP contribution in [0, 0.1) is 6.92 Å². The molecule has 3 heteroatoms. The Morgan fingerprint density at radius 3 is 2.53 bits per heavy atom. The summed E-state index contributed by atoms with van der Waals surface area (Å²) in [5.74, 6) is 0.992. The van der Waals surface area contributed by atoms with Crippen LogP contribution < -0.4 is 15.8 Å². The highest BCUT2D eigenvalue weighted by Crippen LogP contribution is 2.27. The largest absolute Gasteiger partial charge is 0.493 e. The minimum atomic E-state index is 0.190. The normalized spacial score (nSPS) is 11.6. The number of nitrogens with one attached hydrogen (secondary N) is 1. The summed E-state index contributed by atoms with van der Waals surface area (Å²) in [4.78, 5) is 0. The number of benzene rings is 1. The Labute approximate surface area is 117 Å². The zero-order valence-electron chi connectivity index (χ0n) is 12.8. The molecule has 0 spiro atoms. The summed E-state index contributed by atoms with van der Waals surface area (Å²) >= 11 is 0. The highest BCUT2D eigenvalue weighted by molar-refractivity contribution is 5.38. The maximum atomic E-state index is 5.81. The Kier molecular flexibility index (Phi) is 6.32. The highest BCUT2D eigenvalue weighted by atomic mass is 16.5. The molecule has 0 heterocycles. The van der Waals surface area contributed by atoms with Crippen molar-refractivity contribution < 1.29 is 4.74 Å². The van der Waals surface area contributed by atoms with E-state index in [1.807, 2.05) is 0 Å². The molecule has 0 unspecified atom stereocenters. The van der Waals surface area contributed by atoms with E-state index in [-0.39, 0.29) is 5.41 Å². The summed E-state index contributed by atoms with van der Waals surface area (Å²) < 4.78 is 5.81. The molecule has 108 valence electrons. The maximum absolute atomic E-state index is 5.81. The molecule has 0 fully saturated rings. The molecule has 0 saturated heterocycles. The van der Waals surface area contributed by atoms with Gasteiger partial charge in [-0.3, -0.25) is 0 Å². The summed E-state index contributed by atoms with van der Waals surface area (Å²) in [5, 5.41) is 3.26. The van der Waals surface area contributed by atoms with Gasteiger partial charge in [0, 0.05) is 13.1 Å². The van der Waals surface area contributed by atoms with E-state index in [4.69, 9.17) is 10.5 Å². The predicted octanol–water partition coefficient (Wildman–Crippen LogP) is 2.61. The van der Waals surface area contributed by atoms with Gasteiger partial charge in [-0.2, -0.15) is 0 Å². The molecule has 3 N–H and O–H groups in total. The first kappa shape index (κ1) is 16.0. The second-order valence-corrected chi connectivity index (χ2v) is 5.97. The Balaban J connectivity index is 2.43. The first-order valence-corrected chi connectivity index (χ1v) is 7.10. The lowest BCUT2D eigenvalue weighted by Gasteiger charge is -2.20. The van der Waals surface area contributed by atoms with Crippen molar-refractivity contribution in [1.82, 2.24) is 5.32 Å². The number of hydrogen-bond acceptors (Lipinski definition) is 3. The predicted molar refractivity (Wildman–Crippen MR) is 81.9 cm³/mol. The lowest BCUT2D eigenvalue weighted by molar-refractivity contribution is 0.306. The van der Waals surface area contributed by atoms with Crippen LogP contribution in [0.25, 0.3) is 0 Å². The van der Waals surface area contributed by atoms with E-state index < -0.39 is 0 Å². The molecule has 0 saturated carbocycles. The standard InChI is InChI=1S/C16H28N2O/c1-13-12-14(16(2,3)4)6-7-15(13)19-11-5-9-18-10-8-17/h6-7,12,18H,5,8-11,17H2,1-4H3. The first-order valence-electron chi connectivity index (χ1n) is 7.10. The van der Waals surface area contributed by atoms with Crippen LogP contribution in [0.1, 0.15) is 38.3 Å². The molecule has 0 bridgehead atoms. The van der Waals surface area contributed by atoms with Gasteiger partial charge in [-0.15, -0.1) is 0 Å². The first-order chi connectivity index (χ1) is 8.95. The van der Waals surface area contributed by atoms with E-state index in [1.54, 1.807) is 0 Å². The molecule has 0 aromatic heterocycles. The number of aryl methyl sites for hydroxylation is 1. The smallest absolute Gasteiger partial charge is 0.122 e. The van der Waals surface area contributed by atoms with Gasteiger partial charge < -0.3 is 15.8 Å². The van der Waals surface area contributed by atoms with Gasteiger partial charge in [0.2, 0.25) is 0 Å². The number of ether oxygens (including phenoxy) is 1. The van der Waals surface area contributed by atoms with Crippen molar-refractivity contribution in [1.29, 1.82) is 0 Å². The van der Waals surface area contributed by atoms with Gasteiger partial charge in [0.25, 0.3) is 0 Å². The number of hydrogen-bond donors (Lipinski definition) is 2. The molecule has 0 atom stereocenters. The molecule has 0 aliphatic heterocycles. The van der Waals surface area contributed by atoms with Gasteiger partial charge in [-0.25, -0.2) is 0 Å². The minimum Gasteiger partial charge on any atom is -0.493 e. The fourth-order valence-electron chi connectivity index (χ4n) is 1.88. The van der Waals surface area contributed by atoms with E-state index >= 15 is 0 Å². The molecule has 1 aromatic rings. The van der Waals surface area contributed by atoms with Gasteiger partial charge in [0.05, 0.1) is 6.61 Å². The summed E-state index contributed by atoms with van der Waals surface area (Å²) in [6.45, 7) is 12.1. The topological polar surface area (TPSA) is 47.3 Å². The Bertz CT molecular complexity index is 383. The SMILES string of the molecule is Cc1cc(C(C)(C)C)ccc1OCCCNCCN. The molecule has 0 radical (unpaired) electrons. The zero-order valence-corrected chi connectivity index (χ0v) is 12.8. The van der Waals surface area contributed by atoms with E-state index in [1.165, 1.54) is 11.1 Å². The zero-order chi connectivity index (χ0) is 14.3. The van der Waals surface area contributed by atoms with Crippen LogP contribution in [0.5, 0.6) is 5.75 Å². The Hall–Kier alpha value is -1.06. The summed E-state index contributed by atoms with van der Waals surface area (Å²) in [6.07, 6.45) is 1.00. The second-order valence-electron chi connectivity index (χ2n) is 5.97. The number of rotatable bonds is 7. The summed E-state index contributed by atoms with van der Waals surface area (Å²) in [7, 11) is 0. The van der Waals surface area contributed by atoms with Crippen molar-refractivity contribution in [3.8, 4) is 5.75 Å². The lowest BCUT2D eigenvalue weighted by Crippen LogP contribution is -2.24. The van der Waals surface area contributed by atoms with Crippen molar-refractivity contribution in [2.75, 3.05) is 26.2 Å². The van der Waals surface area contributed by atoms with Gasteiger partial charge in [-0.05, 0) is 42.5 Å². The van der Waals surface area contributed by atoms with Crippen molar-refractivity contribution in [3.63, 3.8) is 0 Å². The average molecular weight is 264 g/mol. The average Bonchev–Trinajstić information content (AvgIpc) is 2.34. The third-order valence-corrected chi connectivity index (χ3v) is 3.12. The quantitative estimate of drug-likeness (QED) is 0.744. The maximum Gasteiger partial charge on any atom is 0.122 e. The molecule has 0 aliphatic carbocycles. The van der Waals surface area contributed by atoms with Crippen LogP contribution >= 0.6 is 0 Å². The van der Waals surface area contributed by atoms with E-state index in [0.29, 0.717) is 6.54 Å². The third-order valence-electron chi connectivity index (χ3n) is 3.12. The van der Waals surface area contributed by atoms with Crippen LogP contribution in [0.2, 0.25) is 0 Å². The van der Waals surface area contributed by atoms with Crippen LogP contribution in [-0.4, -0.2) is 26.2 Å². The summed E-state index contributed by atoms with van der Waals surface area (Å²) in [5.41, 5.74) is 8.16. The monoisotopic (exact) mass is 264 g/mol. The molecular weight excluding hydrogens is 236 g/mol. The van der Waals surface area contributed by atoms with Gasteiger partial charge in [-0.1, -0.05) is 32.9 Å². The molecule has 1 aromatic carbocycles. The van der Waals surface area contributed by atoms with Crippen molar-refractivity contribution >= 4 is 0 Å². The minimum absolute atomic E-state index is 0.190. The second kappa shape index (κ2) is 7.51. The molecule has 0 amide bonds. The van der Waals surface area contributed by atoms with Gasteiger partial charge >= 0.3 is 0 Å². The fraction of sp³-hybridized carbons (Fsp3) is 0.625. The lowest BCUT2D eigenvalue weighted by atomic mass is 9.86. The molecule has 3 nitrogen and oxygen atoms in total. The van der Waals surface area contributed by atoms with Gasteiger partial charge in [0.15, 0.2) is 0 Å². The van der Waals surface area contributed by atoms with Crippen LogP contribution in [0.15, 0.2) is 18.2 Å². The van der Waals surface area contributed by atoms with Crippen molar-refractivity contribution in [2.45, 2.75) is 39.5 Å². The highest BCUT2D eigenvalue weighted by Gasteiger charge is 2.14.